The second-order valence-electron chi connectivity index (χ2n) is 6.27. The summed E-state index contributed by atoms with van der Waals surface area (Å²) in [4.78, 5) is 24.1. The Bertz CT molecular complexity index is 785. The minimum absolute atomic E-state index is 0.0151. The zero-order valence-electron chi connectivity index (χ0n) is 16.5. The van der Waals surface area contributed by atoms with Crippen LogP contribution in [-0.2, 0) is 0 Å². The zero-order chi connectivity index (χ0) is 20.5. The van der Waals surface area contributed by atoms with E-state index < -0.39 is 5.82 Å². The van der Waals surface area contributed by atoms with Crippen molar-refractivity contribution in [2.45, 2.75) is 20.3 Å². The van der Waals surface area contributed by atoms with Crippen LogP contribution in [0.25, 0.3) is 0 Å². The van der Waals surface area contributed by atoms with Gasteiger partial charge in [0.1, 0.15) is 12.1 Å². The lowest BCUT2D eigenvalue weighted by atomic mass is 10.3. The third-order valence-electron chi connectivity index (χ3n) is 4.26. The monoisotopic (exact) mass is 390 g/mol. The fourth-order valence-corrected chi connectivity index (χ4v) is 2.55. The van der Waals surface area contributed by atoms with Crippen LogP contribution in [0, 0.1) is 5.82 Å². The van der Waals surface area contributed by atoms with Gasteiger partial charge in [-0.2, -0.15) is 0 Å². The first-order chi connectivity index (χ1) is 13.4. The van der Waals surface area contributed by atoms with E-state index in [4.69, 9.17) is 10.5 Å². The van der Waals surface area contributed by atoms with Gasteiger partial charge in [0.05, 0.1) is 0 Å². The molecule has 0 unspecified atom stereocenters. The van der Waals surface area contributed by atoms with E-state index in [0.29, 0.717) is 12.2 Å². The van der Waals surface area contributed by atoms with Crippen molar-refractivity contribution in [1.29, 1.82) is 0 Å². The SMILES string of the molecule is CCN(CC)CCCN(C)C(=O)Nc1cc(Oc2ccc(N)cc2F)ncn1. The number of urea groups is 1. The summed E-state index contributed by atoms with van der Waals surface area (Å²) in [5.74, 6) is -0.240. The van der Waals surface area contributed by atoms with Gasteiger partial charge in [-0.1, -0.05) is 13.8 Å². The number of anilines is 2. The van der Waals surface area contributed by atoms with Crippen molar-refractivity contribution >= 4 is 17.5 Å². The molecular weight excluding hydrogens is 363 g/mol. The Morgan fingerprint density at radius 1 is 1.21 bits per heavy atom. The standard InChI is InChI=1S/C19H27FN6O2/c1-4-26(5-2)10-6-9-25(3)19(27)24-17-12-18(23-13-22-17)28-16-8-7-14(21)11-15(16)20/h7-8,11-13H,4-6,9-10,21H2,1-3H3,(H,22,23,24,27). The molecule has 152 valence electrons. The summed E-state index contributed by atoms with van der Waals surface area (Å²) in [5, 5.41) is 2.69. The number of hydrogen-bond donors (Lipinski definition) is 2. The topological polar surface area (TPSA) is 96.6 Å². The molecule has 2 amide bonds. The Kier molecular flexibility index (Phi) is 7.94. The van der Waals surface area contributed by atoms with Crippen LogP contribution in [0.4, 0.5) is 20.7 Å². The molecule has 28 heavy (non-hydrogen) atoms. The van der Waals surface area contributed by atoms with E-state index in [1.54, 1.807) is 11.9 Å². The van der Waals surface area contributed by atoms with Gasteiger partial charge in [0.25, 0.3) is 0 Å². The molecule has 0 saturated heterocycles. The number of aromatic nitrogens is 2. The Morgan fingerprint density at radius 3 is 2.64 bits per heavy atom. The molecule has 0 spiro atoms. The van der Waals surface area contributed by atoms with E-state index in [0.717, 1.165) is 32.1 Å². The van der Waals surface area contributed by atoms with Crippen molar-refractivity contribution in [3.8, 4) is 11.6 Å². The van der Waals surface area contributed by atoms with Crippen molar-refractivity contribution in [2.24, 2.45) is 0 Å². The molecule has 1 aromatic heterocycles. The van der Waals surface area contributed by atoms with Crippen molar-refractivity contribution in [3.05, 3.63) is 36.4 Å². The third-order valence-corrected chi connectivity index (χ3v) is 4.26. The number of carbonyl (C=O) groups excluding carboxylic acids is 1. The second-order valence-corrected chi connectivity index (χ2v) is 6.27. The summed E-state index contributed by atoms with van der Waals surface area (Å²) in [6.07, 6.45) is 2.11. The van der Waals surface area contributed by atoms with Crippen LogP contribution < -0.4 is 15.8 Å². The molecule has 1 heterocycles. The quantitative estimate of drug-likeness (QED) is 0.639. The second kappa shape index (κ2) is 10.4. The van der Waals surface area contributed by atoms with E-state index in [1.165, 1.54) is 24.5 Å². The molecule has 0 aliphatic carbocycles. The summed E-state index contributed by atoms with van der Waals surface area (Å²) < 4.78 is 19.3. The van der Waals surface area contributed by atoms with E-state index >= 15 is 0 Å². The van der Waals surface area contributed by atoms with E-state index in [2.05, 4.69) is 34.0 Å². The number of halogens is 1. The van der Waals surface area contributed by atoms with Crippen LogP contribution >= 0.6 is 0 Å². The summed E-state index contributed by atoms with van der Waals surface area (Å²) in [6, 6.07) is 5.23. The Labute approximate surface area is 164 Å². The van der Waals surface area contributed by atoms with Crippen molar-refractivity contribution in [1.82, 2.24) is 19.8 Å². The maximum Gasteiger partial charge on any atom is 0.322 e. The van der Waals surface area contributed by atoms with E-state index in [9.17, 15) is 9.18 Å². The molecule has 0 aliphatic heterocycles. The average molecular weight is 390 g/mol. The van der Waals surface area contributed by atoms with Gasteiger partial charge in [0.15, 0.2) is 11.6 Å². The molecular formula is C19H27FN6O2. The van der Waals surface area contributed by atoms with Gasteiger partial charge >= 0.3 is 6.03 Å². The van der Waals surface area contributed by atoms with Gasteiger partial charge in [-0.05, 0) is 38.2 Å². The number of nitrogens with zero attached hydrogens (tertiary/aromatic N) is 4. The maximum atomic E-state index is 13.9. The zero-order valence-corrected chi connectivity index (χ0v) is 16.5. The lowest BCUT2D eigenvalue weighted by Crippen LogP contribution is -2.34. The fraction of sp³-hybridized carbons (Fsp3) is 0.421. The van der Waals surface area contributed by atoms with Gasteiger partial charge < -0.3 is 20.3 Å². The summed E-state index contributed by atoms with van der Waals surface area (Å²) in [6.45, 7) is 7.77. The number of nitrogens with one attached hydrogen (secondary N) is 1. The predicted octanol–water partition coefficient (Wildman–Crippen LogP) is 3.19. The van der Waals surface area contributed by atoms with Crippen LogP contribution in [0.1, 0.15) is 20.3 Å². The van der Waals surface area contributed by atoms with Crippen molar-refractivity contribution in [2.75, 3.05) is 44.3 Å². The first-order valence-corrected chi connectivity index (χ1v) is 9.22. The van der Waals surface area contributed by atoms with Gasteiger partial charge in [-0.15, -0.1) is 0 Å². The molecule has 3 N–H and O–H groups in total. The Morgan fingerprint density at radius 2 is 1.96 bits per heavy atom. The molecule has 0 bridgehead atoms. The largest absolute Gasteiger partial charge is 0.436 e. The lowest BCUT2D eigenvalue weighted by Gasteiger charge is -2.21. The maximum absolute atomic E-state index is 13.9. The molecule has 2 rings (SSSR count). The molecule has 0 atom stereocenters. The van der Waals surface area contributed by atoms with Gasteiger partial charge in [-0.3, -0.25) is 5.32 Å². The molecule has 8 nitrogen and oxygen atoms in total. The average Bonchev–Trinajstić information content (AvgIpc) is 2.67. The molecule has 0 radical (unpaired) electrons. The molecule has 2 aromatic rings. The highest BCUT2D eigenvalue weighted by molar-refractivity contribution is 5.88. The summed E-state index contributed by atoms with van der Waals surface area (Å²) in [5.41, 5.74) is 5.81. The van der Waals surface area contributed by atoms with E-state index in [1.807, 2.05) is 0 Å². The predicted molar refractivity (Wildman–Crippen MR) is 107 cm³/mol. The number of nitrogens with two attached hydrogens (primary N) is 1. The number of rotatable bonds is 9. The fourth-order valence-electron chi connectivity index (χ4n) is 2.55. The van der Waals surface area contributed by atoms with Crippen LogP contribution in [0.15, 0.2) is 30.6 Å². The minimum Gasteiger partial charge on any atom is -0.436 e. The first-order valence-electron chi connectivity index (χ1n) is 9.22. The van der Waals surface area contributed by atoms with Gasteiger partial charge in [0.2, 0.25) is 5.88 Å². The van der Waals surface area contributed by atoms with Crippen LogP contribution in [0.2, 0.25) is 0 Å². The highest BCUT2D eigenvalue weighted by atomic mass is 19.1. The van der Waals surface area contributed by atoms with Crippen molar-refractivity contribution < 1.29 is 13.9 Å². The first kappa shape index (κ1) is 21.4. The third kappa shape index (κ3) is 6.34. The van der Waals surface area contributed by atoms with Gasteiger partial charge in [-0.25, -0.2) is 19.2 Å². The molecule has 0 saturated carbocycles. The Balaban J connectivity index is 1.91. The number of ether oxygens (including phenoxy) is 1. The number of amides is 2. The number of hydrogen-bond acceptors (Lipinski definition) is 6. The minimum atomic E-state index is -0.600. The number of benzene rings is 1. The normalized spacial score (nSPS) is 10.8. The molecule has 1 aromatic carbocycles. The van der Waals surface area contributed by atoms with Crippen molar-refractivity contribution in [3.63, 3.8) is 0 Å². The summed E-state index contributed by atoms with van der Waals surface area (Å²) in [7, 11) is 1.72. The lowest BCUT2D eigenvalue weighted by molar-refractivity contribution is 0.217. The van der Waals surface area contributed by atoms with Crippen LogP contribution in [0.5, 0.6) is 11.6 Å². The van der Waals surface area contributed by atoms with Crippen LogP contribution in [0.3, 0.4) is 0 Å². The molecule has 9 heteroatoms. The number of nitrogen functional groups attached to an aromatic ring is 1. The number of carbonyl (C=O) groups is 1. The highest BCUT2D eigenvalue weighted by Gasteiger charge is 2.12. The van der Waals surface area contributed by atoms with E-state index in [-0.39, 0.29) is 23.5 Å². The molecule has 0 aliphatic rings. The Hall–Kier alpha value is -2.94. The van der Waals surface area contributed by atoms with Crippen LogP contribution in [-0.4, -0.2) is 59.0 Å². The highest BCUT2D eigenvalue weighted by Crippen LogP contribution is 2.25. The molecule has 0 fully saturated rings. The smallest absolute Gasteiger partial charge is 0.322 e. The summed E-state index contributed by atoms with van der Waals surface area (Å²) >= 11 is 0. The van der Waals surface area contributed by atoms with Gasteiger partial charge in [0, 0.05) is 31.4 Å².